The van der Waals surface area contributed by atoms with Gasteiger partial charge in [0.1, 0.15) is 5.02 Å². The molecule has 3 aromatic heterocycles. The van der Waals surface area contributed by atoms with Crippen LogP contribution in [0.2, 0.25) is 5.02 Å². The quantitative estimate of drug-likeness (QED) is 0.186. The molecule has 0 unspecified atom stereocenters. The summed E-state index contributed by atoms with van der Waals surface area (Å²) in [6.45, 7) is 2.73. The average Bonchev–Trinajstić information content (AvgIpc) is 3.73. The zero-order chi connectivity index (χ0) is 36.7. The van der Waals surface area contributed by atoms with Gasteiger partial charge in [-0.25, -0.2) is 15.0 Å². The highest BCUT2D eigenvalue weighted by Gasteiger charge is 2.40. The normalized spacial score (nSPS) is 18.8. The molecular formula is C33H34ClF6N9O2. The Balaban J connectivity index is 1.35. The predicted octanol–water partition coefficient (Wildman–Crippen LogP) is 6.72. The van der Waals surface area contributed by atoms with E-state index in [9.17, 15) is 36.2 Å². The van der Waals surface area contributed by atoms with Crippen LogP contribution in [0.25, 0.3) is 11.1 Å². The van der Waals surface area contributed by atoms with Gasteiger partial charge in [-0.3, -0.25) is 9.48 Å². The SMILES string of the molecule is CC[C@@H]1C[C@H](N(Cc2cc(C(F)(F)F)cc(C(F)(F)F)c2)c2ncc(-c3cnn(C)c3)cn2)CN1c1nc(N2CCC(C(=O)O)CC2)ncc1Cl. The lowest BCUT2D eigenvalue weighted by molar-refractivity contribution is -0.144. The lowest BCUT2D eigenvalue weighted by atomic mass is 9.97. The number of alkyl halides is 6. The van der Waals surface area contributed by atoms with Crippen molar-refractivity contribution in [3.05, 3.63) is 70.9 Å². The van der Waals surface area contributed by atoms with Gasteiger partial charge in [-0.15, -0.1) is 0 Å². The van der Waals surface area contributed by atoms with E-state index in [0.717, 1.165) is 17.7 Å². The average molecular weight is 738 g/mol. The van der Waals surface area contributed by atoms with Gasteiger partial charge in [-0.1, -0.05) is 18.5 Å². The first kappa shape index (κ1) is 36.1. The monoisotopic (exact) mass is 737 g/mol. The molecule has 0 saturated carbocycles. The first-order chi connectivity index (χ1) is 24.1. The molecule has 11 nitrogen and oxygen atoms in total. The van der Waals surface area contributed by atoms with Gasteiger partial charge in [0.2, 0.25) is 11.9 Å². The number of halogens is 7. The van der Waals surface area contributed by atoms with Crippen molar-refractivity contribution >= 4 is 35.3 Å². The van der Waals surface area contributed by atoms with Crippen molar-refractivity contribution < 1.29 is 36.2 Å². The molecule has 0 spiro atoms. The van der Waals surface area contributed by atoms with Crippen molar-refractivity contribution in [2.24, 2.45) is 13.0 Å². The minimum Gasteiger partial charge on any atom is -0.481 e. The lowest BCUT2D eigenvalue weighted by Crippen LogP contribution is -2.39. The number of aryl methyl sites for hydroxylation is 1. The fourth-order valence-electron chi connectivity index (χ4n) is 6.65. The number of benzene rings is 1. The maximum atomic E-state index is 13.8. The van der Waals surface area contributed by atoms with Gasteiger partial charge in [0.25, 0.3) is 0 Å². The van der Waals surface area contributed by atoms with Crippen molar-refractivity contribution in [2.75, 3.05) is 34.3 Å². The number of hydrogen-bond donors (Lipinski definition) is 1. The predicted molar refractivity (Wildman–Crippen MR) is 176 cm³/mol. The van der Waals surface area contributed by atoms with Crippen LogP contribution in [0.3, 0.4) is 0 Å². The minimum absolute atomic E-state index is 0.107. The Morgan fingerprint density at radius 3 is 2.16 bits per heavy atom. The molecule has 2 saturated heterocycles. The number of carboxylic acids is 1. The molecule has 4 aromatic rings. The van der Waals surface area contributed by atoms with Crippen molar-refractivity contribution in [1.29, 1.82) is 0 Å². The lowest BCUT2D eigenvalue weighted by Gasteiger charge is -2.32. The molecule has 0 radical (unpaired) electrons. The van der Waals surface area contributed by atoms with Crippen LogP contribution in [-0.4, -0.2) is 72.5 Å². The second kappa shape index (κ2) is 14.2. The summed E-state index contributed by atoms with van der Waals surface area (Å²) in [5, 5.41) is 13.8. The molecule has 272 valence electrons. The first-order valence-corrected chi connectivity index (χ1v) is 16.6. The molecule has 2 atom stereocenters. The third-order valence-corrected chi connectivity index (χ3v) is 9.62. The van der Waals surface area contributed by atoms with Crippen LogP contribution in [0.5, 0.6) is 0 Å². The molecule has 0 amide bonds. The van der Waals surface area contributed by atoms with Gasteiger partial charge in [0.15, 0.2) is 5.82 Å². The Morgan fingerprint density at radius 1 is 0.961 bits per heavy atom. The van der Waals surface area contributed by atoms with E-state index in [1.54, 1.807) is 29.0 Å². The molecule has 2 aliphatic heterocycles. The molecule has 0 bridgehead atoms. The number of carboxylic acid groups (broad SMARTS) is 1. The van der Waals surface area contributed by atoms with E-state index in [-0.39, 0.29) is 41.7 Å². The van der Waals surface area contributed by atoms with Crippen molar-refractivity contribution in [3.63, 3.8) is 0 Å². The smallest absolute Gasteiger partial charge is 0.416 e. The van der Waals surface area contributed by atoms with Crippen LogP contribution in [0, 0.1) is 5.92 Å². The highest BCUT2D eigenvalue weighted by atomic mass is 35.5. The Labute approximate surface area is 293 Å². The molecular weight excluding hydrogens is 704 g/mol. The minimum atomic E-state index is -5.01. The van der Waals surface area contributed by atoms with Crippen LogP contribution < -0.4 is 14.7 Å². The number of piperidine rings is 1. The van der Waals surface area contributed by atoms with Crippen LogP contribution in [0.4, 0.5) is 44.1 Å². The molecule has 51 heavy (non-hydrogen) atoms. The van der Waals surface area contributed by atoms with E-state index in [2.05, 4.69) is 20.1 Å². The van der Waals surface area contributed by atoms with Gasteiger partial charge >= 0.3 is 18.3 Å². The number of aromatic nitrogens is 6. The number of anilines is 3. The Hall–Kier alpha value is -4.67. The third-order valence-electron chi connectivity index (χ3n) is 9.35. The summed E-state index contributed by atoms with van der Waals surface area (Å²) in [7, 11) is 1.74. The molecule has 2 fully saturated rings. The standard InChI is InChI=1S/C33H34ClF6N9O2/c1-3-25-11-26(18-48(25)28-27(34)15-43-31(45-28)47-6-4-20(5-7-47)29(50)51)49(30-41-12-21(13-42-30)22-14-44-46(2)17-22)16-19-8-23(32(35,36)37)10-24(9-19)33(38,39)40/h8-10,12-15,17,20,25-26H,3-7,11,16,18H2,1-2H3,(H,50,51)/t25-,26+/m1/s1. The second-order valence-electron chi connectivity index (χ2n) is 12.8. The van der Waals surface area contributed by atoms with Crippen molar-refractivity contribution in [2.45, 2.75) is 63.6 Å². The van der Waals surface area contributed by atoms with Gasteiger partial charge in [-0.2, -0.15) is 36.4 Å². The molecule has 1 N–H and O–H groups in total. The van der Waals surface area contributed by atoms with E-state index in [0.29, 0.717) is 56.1 Å². The number of nitrogens with zero attached hydrogens (tertiary/aromatic N) is 9. The highest BCUT2D eigenvalue weighted by molar-refractivity contribution is 6.32. The molecule has 0 aliphatic carbocycles. The molecule has 18 heteroatoms. The molecule has 1 aromatic carbocycles. The van der Waals surface area contributed by atoms with E-state index in [1.165, 1.54) is 18.6 Å². The van der Waals surface area contributed by atoms with E-state index < -0.39 is 41.4 Å². The molecule has 2 aliphatic rings. The number of rotatable bonds is 9. The number of aliphatic carboxylic acids is 1. The fourth-order valence-corrected chi connectivity index (χ4v) is 6.85. The summed E-state index contributed by atoms with van der Waals surface area (Å²) < 4.78 is 84.6. The van der Waals surface area contributed by atoms with Crippen LogP contribution in [0.15, 0.2) is 49.2 Å². The van der Waals surface area contributed by atoms with Gasteiger partial charge in [0.05, 0.1) is 35.5 Å². The van der Waals surface area contributed by atoms with Gasteiger partial charge in [0, 0.05) is 69.0 Å². The van der Waals surface area contributed by atoms with Crippen molar-refractivity contribution in [1.82, 2.24) is 29.7 Å². The van der Waals surface area contributed by atoms with Crippen molar-refractivity contribution in [3.8, 4) is 11.1 Å². The summed E-state index contributed by atoms with van der Waals surface area (Å²) in [4.78, 5) is 35.1. The summed E-state index contributed by atoms with van der Waals surface area (Å²) in [6, 6.07) is 0.895. The fraction of sp³-hybridized carbons (Fsp3) is 0.455. The Bertz CT molecular complexity index is 1830. The Kier molecular flexibility index (Phi) is 10.0. The van der Waals surface area contributed by atoms with E-state index in [4.69, 9.17) is 16.6 Å². The maximum Gasteiger partial charge on any atom is 0.416 e. The van der Waals surface area contributed by atoms with Gasteiger partial charge in [-0.05, 0) is 49.4 Å². The van der Waals surface area contributed by atoms with E-state index in [1.807, 2.05) is 16.7 Å². The number of hydrogen-bond acceptors (Lipinski definition) is 9. The zero-order valence-corrected chi connectivity index (χ0v) is 28.3. The summed E-state index contributed by atoms with van der Waals surface area (Å²) in [6.07, 6.45) is -0.188. The Morgan fingerprint density at radius 2 is 1.61 bits per heavy atom. The van der Waals surface area contributed by atoms with Crippen LogP contribution >= 0.6 is 11.6 Å². The third kappa shape index (κ3) is 7.97. The van der Waals surface area contributed by atoms with E-state index >= 15 is 0 Å². The maximum absolute atomic E-state index is 13.8. The first-order valence-electron chi connectivity index (χ1n) is 16.2. The van der Waals surface area contributed by atoms with Gasteiger partial charge < -0.3 is 19.8 Å². The number of carbonyl (C=O) groups is 1. The molecule has 6 rings (SSSR count). The second-order valence-corrected chi connectivity index (χ2v) is 13.2. The summed E-state index contributed by atoms with van der Waals surface area (Å²) in [5.41, 5.74) is -1.68. The summed E-state index contributed by atoms with van der Waals surface area (Å²) in [5.74, 6) is -0.381. The highest BCUT2D eigenvalue weighted by Crippen LogP contribution is 2.39. The van der Waals surface area contributed by atoms with Crippen LogP contribution in [0.1, 0.15) is 49.3 Å². The largest absolute Gasteiger partial charge is 0.481 e. The zero-order valence-electron chi connectivity index (χ0n) is 27.5. The summed E-state index contributed by atoms with van der Waals surface area (Å²) >= 11 is 6.65. The topological polar surface area (TPSA) is 116 Å². The molecule has 5 heterocycles. The van der Waals surface area contributed by atoms with Crippen LogP contribution in [-0.2, 0) is 30.7 Å².